The van der Waals surface area contributed by atoms with Crippen molar-refractivity contribution in [2.24, 2.45) is 0 Å². The number of para-hydroxylation sites is 2. The third-order valence-corrected chi connectivity index (χ3v) is 6.14. The number of hydrogen-bond donors (Lipinski definition) is 0. The number of carbonyl (C=O) groups excluding carboxylic acids is 2. The molecule has 1 aromatic heterocycles. The number of carbonyl (C=O) groups is 2. The zero-order valence-corrected chi connectivity index (χ0v) is 15.8. The molecule has 3 aromatic rings. The number of methoxy groups -OCH3 is 1. The number of anilines is 1. The highest BCUT2D eigenvalue weighted by Crippen LogP contribution is 2.54. The molecule has 2 aliphatic rings. The molecule has 0 N–H and O–H groups in total. The summed E-state index contributed by atoms with van der Waals surface area (Å²) in [5, 5.41) is 1.13. The molecule has 1 saturated heterocycles. The summed E-state index contributed by atoms with van der Waals surface area (Å²) in [6.07, 6.45) is 1.87. The summed E-state index contributed by atoms with van der Waals surface area (Å²) < 4.78 is 7.35. The van der Waals surface area contributed by atoms with Gasteiger partial charge in [-0.15, -0.1) is 0 Å². The van der Waals surface area contributed by atoms with Crippen molar-refractivity contribution in [3.8, 4) is 0 Å². The number of amides is 2. The van der Waals surface area contributed by atoms with Crippen LogP contribution in [0.15, 0.2) is 60.8 Å². The number of likely N-dealkylation sites (tertiary alicyclic amines) is 1. The minimum Gasteiger partial charge on any atom is -0.452 e. The lowest BCUT2D eigenvalue weighted by Gasteiger charge is -2.37. The summed E-state index contributed by atoms with van der Waals surface area (Å²) in [6, 6.07) is 18.2. The molecule has 1 fully saturated rings. The Morgan fingerprint density at radius 2 is 1.82 bits per heavy atom. The highest BCUT2D eigenvalue weighted by Gasteiger charge is 2.61. The molecule has 0 radical (unpaired) electrons. The quantitative estimate of drug-likeness (QED) is 0.654. The number of hydrogen-bond acceptors (Lipinski definition) is 3. The first kappa shape index (κ1) is 16.9. The molecule has 2 atom stereocenters. The lowest BCUT2D eigenvalue weighted by atomic mass is 9.88. The summed E-state index contributed by atoms with van der Waals surface area (Å²) in [5.74, 6) is -0.0509. The predicted molar refractivity (Wildman–Crippen MR) is 106 cm³/mol. The van der Waals surface area contributed by atoms with Gasteiger partial charge in [0.15, 0.2) is 0 Å². The van der Waals surface area contributed by atoms with Gasteiger partial charge in [-0.3, -0.25) is 9.69 Å². The first-order chi connectivity index (χ1) is 13.6. The number of benzene rings is 2. The fraction of sp³-hybridized carbons (Fsp3) is 0.273. The van der Waals surface area contributed by atoms with E-state index < -0.39 is 17.8 Å². The van der Waals surface area contributed by atoms with Gasteiger partial charge in [-0.2, -0.15) is 0 Å². The average Bonchev–Trinajstić information content (AvgIpc) is 3.37. The maximum Gasteiger partial charge on any atom is 0.415 e. The first-order valence-electron chi connectivity index (χ1n) is 9.40. The van der Waals surface area contributed by atoms with Gasteiger partial charge in [0.2, 0.25) is 5.91 Å². The van der Waals surface area contributed by atoms with Gasteiger partial charge in [-0.05, 0) is 30.0 Å². The Hall–Kier alpha value is -3.28. The van der Waals surface area contributed by atoms with Crippen LogP contribution >= 0.6 is 0 Å². The highest BCUT2D eigenvalue weighted by atomic mass is 16.5. The van der Waals surface area contributed by atoms with Crippen LogP contribution in [0.4, 0.5) is 10.5 Å². The summed E-state index contributed by atoms with van der Waals surface area (Å²) >= 11 is 0. The third kappa shape index (κ3) is 1.97. The molecule has 0 spiro atoms. The van der Waals surface area contributed by atoms with Crippen molar-refractivity contribution in [3.63, 3.8) is 0 Å². The molecular formula is C22H21N3O3. The molecule has 2 amide bonds. The second kappa shape index (κ2) is 5.86. The molecule has 6 nitrogen and oxygen atoms in total. The number of ether oxygens (including phenoxy) is 1. The van der Waals surface area contributed by atoms with Crippen molar-refractivity contribution in [1.82, 2.24) is 9.47 Å². The Labute approximate surface area is 162 Å². The molecular weight excluding hydrogens is 354 g/mol. The molecule has 6 heteroatoms. The Bertz CT molecular complexity index is 1110. The van der Waals surface area contributed by atoms with Gasteiger partial charge in [0.05, 0.1) is 12.8 Å². The van der Waals surface area contributed by atoms with Crippen LogP contribution < -0.4 is 4.90 Å². The normalized spacial score (nSPS) is 23.0. The summed E-state index contributed by atoms with van der Waals surface area (Å²) in [6.45, 7) is 2.14. The Morgan fingerprint density at radius 1 is 1.07 bits per heavy atom. The van der Waals surface area contributed by atoms with E-state index in [-0.39, 0.29) is 5.91 Å². The molecule has 142 valence electrons. The van der Waals surface area contributed by atoms with Gasteiger partial charge in [0, 0.05) is 30.7 Å². The number of nitrogens with zero attached hydrogens (tertiary/aromatic N) is 3. The molecule has 5 rings (SSSR count). The van der Waals surface area contributed by atoms with Crippen LogP contribution in [0.5, 0.6) is 0 Å². The topological polar surface area (TPSA) is 54.8 Å². The van der Waals surface area contributed by atoms with Gasteiger partial charge >= 0.3 is 6.09 Å². The van der Waals surface area contributed by atoms with Crippen molar-refractivity contribution in [3.05, 3.63) is 66.4 Å². The van der Waals surface area contributed by atoms with E-state index in [4.69, 9.17) is 4.74 Å². The van der Waals surface area contributed by atoms with Gasteiger partial charge < -0.3 is 14.2 Å². The van der Waals surface area contributed by atoms with Crippen LogP contribution in [0.1, 0.15) is 18.9 Å². The van der Waals surface area contributed by atoms with E-state index in [2.05, 4.69) is 35.0 Å². The third-order valence-electron chi connectivity index (χ3n) is 6.14. The number of fused-ring (bicyclic) bond motifs is 4. The minimum absolute atomic E-state index is 0.0509. The van der Waals surface area contributed by atoms with E-state index in [1.165, 1.54) is 7.11 Å². The molecule has 2 aliphatic heterocycles. The van der Waals surface area contributed by atoms with Gasteiger partial charge in [-0.25, -0.2) is 4.79 Å². The first-order valence-corrected chi connectivity index (χ1v) is 9.40. The van der Waals surface area contributed by atoms with E-state index in [9.17, 15) is 9.59 Å². The maximum absolute atomic E-state index is 12.8. The van der Waals surface area contributed by atoms with Crippen LogP contribution in [-0.4, -0.2) is 41.3 Å². The van der Waals surface area contributed by atoms with Crippen LogP contribution in [0.3, 0.4) is 0 Å². The second-order valence-corrected chi connectivity index (χ2v) is 7.36. The molecule has 0 unspecified atom stereocenters. The van der Waals surface area contributed by atoms with E-state index in [1.54, 1.807) is 16.7 Å². The molecule has 3 heterocycles. The summed E-state index contributed by atoms with van der Waals surface area (Å²) in [7, 11) is 1.38. The second-order valence-electron chi connectivity index (χ2n) is 7.36. The van der Waals surface area contributed by atoms with Crippen LogP contribution in [0.25, 0.3) is 10.9 Å². The van der Waals surface area contributed by atoms with Crippen molar-refractivity contribution >= 4 is 28.6 Å². The number of rotatable bonds is 1. The number of aromatic nitrogens is 1. The van der Waals surface area contributed by atoms with Crippen molar-refractivity contribution in [2.45, 2.75) is 25.0 Å². The van der Waals surface area contributed by atoms with Gasteiger partial charge in [0.25, 0.3) is 0 Å². The van der Waals surface area contributed by atoms with E-state index >= 15 is 0 Å². The lowest BCUT2D eigenvalue weighted by Crippen LogP contribution is -2.55. The molecule has 0 bridgehead atoms. The van der Waals surface area contributed by atoms with E-state index in [0.717, 1.165) is 28.6 Å². The van der Waals surface area contributed by atoms with E-state index in [1.807, 2.05) is 30.3 Å². The smallest absolute Gasteiger partial charge is 0.415 e. The predicted octanol–water partition coefficient (Wildman–Crippen LogP) is 3.55. The lowest BCUT2D eigenvalue weighted by molar-refractivity contribution is -0.130. The monoisotopic (exact) mass is 375 g/mol. The SMILES string of the molecule is COC(=O)N1c2ccccc2[C@]2(n3ccc4ccccc43)CCN(C(C)=O)[C@H]12. The molecule has 28 heavy (non-hydrogen) atoms. The molecule has 0 saturated carbocycles. The van der Waals surface area contributed by atoms with Gasteiger partial charge in [-0.1, -0.05) is 36.4 Å². The van der Waals surface area contributed by atoms with Crippen molar-refractivity contribution < 1.29 is 14.3 Å². The zero-order chi connectivity index (χ0) is 19.5. The minimum atomic E-state index is -0.556. The average molecular weight is 375 g/mol. The fourth-order valence-corrected chi connectivity index (χ4v) is 5.04. The Morgan fingerprint density at radius 3 is 2.61 bits per heavy atom. The van der Waals surface area contributed by atoms with Crippen molar-refractivity contribution in [2.75, 3.05) is 18.6 Å². The Balaban J connectivity index is 1.84. The molecule has 0 aliphatic carbocycles. The summed E-state index contributed by atoms with van der Waals surface area (Å²) in [4.78, 5) is 28.7. The Kier molecular flexibility index (Phi) is 3.53. The van der Waals surface area contributed by atoms with Crippen LogP contribution in [0.2, 0.25) is 0 Å². The van der Waals surface area contributed by atoms with Crippen LogP contribution in [0, 0.1) is 0 Å². The van der Waals surface area contributed by atoms with Gasteiger partial charge in [0.1, 0.15) is 11.7 Å². The maximum atomic E-state index is 12.8. The fourth-order valence-electron chi connectivity index (χ4n) is 5.04. The summed E-state index contributed by atoms with van der Waals surface area (Å²) in [5.41, 5.74) is 2.36. The largest absolute Gasteiger partial charge is 0.452 e. The van der Waals surface area contributed by atoms with Crippen molar-refractivity contribution in [1.29, 1.82) is 0 Å². The van der Waals surface area contributed by atoms with E-state index in [0.29, 0.717) is 6.54 Å². The van der Waals surface area contributed by atoms with Crippen LogP contribution in [-0.2, 0) is 15.1 Å². The molecule has 2 aromatic carbocycles. The highest BCUT2D eigenvalue weighted by molar-refractivity contribution is 5.94. The zero-order valence-electron chi connectivity index (χ0n) is 15.8. The standard InChI is InChI=1S/C22H21N3O3/c1-15(26)23-14-12-22(24-13-11-16-7-3-5-9-18(16)24)17-8-4-6-10-19(17)25(20(22)23)21(27)28-2/h3-11,13,20H,12,14H2,1-2H3/t20-,22-/m1/s1.